The molecule has 0 saturated heterocycles. The van der Waals surface area contributed by atoms with Gasteiger partial charge in [-0.25, -0.2) is 0 Å². The molecule has 0 atom stereocenters. The minimum Gasteiger partial charge on any atom is -0.256 e. The zero-order valence-corrected chi connectivity index (χ0v) is 9.76. The number of hydrogen-bond donors (Lipinski definition) is 0. The van der Waals surface area contributed by atoms with Crippen molar-refractivity contribution in [3.05, 3.63) is 28.9 Å². The Labute approximate surface area is 89.5 Å². The molecule has 0 amide bonds. The minimum atomic E-state index is 0.703. The van der Waals surface area contributed by atoms with Crippen molar-refractivity contribution in [1.82, 2.24) is 9.78 Å². The van der Waals surface area contributed by atoms with Gasteiger partial charge in [0, 0.05) is 12.4 Å². The van der Waals surface area contributed by atoms with Gasteiger partial charge < -0.3 is 0 Å². The second-order valence-corrected chi connectivity index (χ2v) is 3.29. The Morgan fingerprint density at radius 1 is 1.29 bits per heavy atom. The lowest BCUT2D eigenvalue weighted by molar-refractivity contribution is 0.780. The fourth-order valence-corrected chi connectivity index (χ4v) is 1.47. The van der Waals surface area contributed by atoms with E-state index in [1.165, 1.54) is 5.56 Å². The molecule has 0 unspecified atom stereocenters. The van der Waals surface area contributed by atoms with Crippen molar-refractivity contribution in [1.29, 1.82) is 0 Å². The average molecular weight is 211 g/mol. The molecular formula is C11H15ClN2. The molecule has 0 aliphatic rings. The van der Waals surface area contributed by atoms with Crippen LogP contribution in [-0.4, -0.2) is 9.78 Å². The summed E-state index contributed by atoms with van der Waals surface area (Å²) in [6.07, 6.45) is 0. The van der Waals surface area contributed by atoms with Crippen LogP contribution >= 0.6 is 11.6 Å². The number of halogens is 1. The van der Waals surface area contributed by atoms with Crippen LogP contribution in [0.3, 0.4) is 0 Å². The molecule has 76 valence electrons. The van der Waals surface area contributed by atoms with Crippen LogP contribution in [0.15, 0.2) is 18.2 Å². The molecule has 0 saturated carbocycles. The highest BCUT2D eigenvalue weighted by atomic mass is 35.5. The maximum Gasteiger partial charge on any atom is 0.134 e. The Morgan fingerprint density at radius 3 is 2.57 bits per heavy atom. The van der Waals surface area contributed by atoms with Crippen molar-refractivity contribution < 1.29 is 0 Å². The van der Waals surface area contributed by atoms with Crippen LogP contribution in [0.2, 0.25) is 5.15 Å². The van der Waals surface area contributed by atoms with Gasteiger partial charge in [0.25, 0.3) is 0 Å². The van der Waals surface area contributed by atoms with Crippen LogP contribution in [0, 0.1) is 6.92 Å². The summed E-state index contributed by atoms with van der Waals surface area (Å²) in [6, 6.07) is 6.06. The van der Waals surface area contributed by atoms with E-state index in [0.717, 1.165) is 10.9 Å². The van der Waals surface area contributed by atoms with Crippen molar-refractivity contribution in [3.8, 4) is 0 Å². The third-order valence-electron chi connectivity index (χ3n) is 1.92. The molecule has 3 heteroatoms. The summed E-state index contributed by atoms with van der Waals surface area (Å²) in [6.45, 7) is 6.04. The molecule has 0 radical (unpaired) electrons. The molecule has 0 aliphatic carbocycles. The van der Waals surface area contributed by atoms with E-state index in [1.54, 1.807) is 4.68 Å². The quantitative estimate of drug-likeness (QED) is 0.650. The highest BCUT2D eigenvalue weighted by Crippen LogP contribution is 2.22. The van der Waals surface area contributed by atoms with Gasteiger partial charge in [0.15, 0.2) is 0 Å². The topological polar surface area (TPSA) is 17.8 Å². The van der Waals surface area contributed by atoms with E-state index >= 15 is 0 Å². The Bertz CT molecular complexity index is 432. The predicted octanol–water partition coefficient (Wildman–Crippen LogP) is 3.56. The van der Waals surface area contributed by atoms with Gasteiger partial charge in [0.2, 0.25) is 0 Å². The molecular weight excluding hydrogens is 196 g/mol. The van der Waals surface area contributed by atoms with E-state index in [1.807, 2.05) is 46.0 Å². The monoisotopic (exact) mass is 210 g/mol. The molecule has 0 fully saturated rings. The standard InChI is InChI=1S/C9H9ClN2.C2H6/c1-6-3-4-8-7(5-6)9(10)12(2)11-8;1-2/h3-5H,1-2H3;1-2H3. The van der Waals surface area contributed by atoms with Gasteiger partial charge in [-0.15, -0.1) is 0 Å². The molecule has 2 nitrogen and oxygen atoms in total. The van der Waals surface area contributed by atoms with Gasteiger partial charge in [0.05, 0.1) is 5.52 Å². The van der Waals surface area contributed by atoms with Crippen molar-refractivity contribution >= 4 is 22.5 Å². The van der Waals surface area contributed by atoms with Crippen molar-refractivity contribution in [2.24, 2.45) is 7.05 Å². The maximum atomic E-state index is 6.01. The summed E-state index contributed by atoms with van der Waals surface area (Å²) in [7, 11) is 1.84. The molecule has 0 aliphatic heterocycles. The minimum absolute atomic E-state index is 0.703. The third kappa shape index (κ3) is 1.90. The number of aryl methyl sites for hydroxylation is 2. The summed E-state index contributed by atoms with van der Waals surface area (Å²) in [5.74, 6) is 0. The van der Waals surface area contributed by atoms with Gasteiger partial charge in [-0.05, 0) is 19.1 Å². The predicted molar refractivity (Wildman–Crippen MR) is 61.8 cm³/mol. The fourth-order valence-electron chi connectivity index (χ4n) is 1.28. The molecule has 1 heterocycles. The van der Waals surface area contributed by atoms with Crippen LogP contribution in [0.5, 0.6) is 0 Å². The van der Waals surface area contributed by atoms with Crippen LogP contribution < -0.4 is 0 Å². The third-order valence-corrected chi connectivity index (χ3v) is 2.36. The van der Waals surface area contributed by atoms with Crippen LogP contribution in [0.1, 0.15) is 19.4 Å². The summed E-state index contributed by atoms with van der Waals surface area (Å²) >= 11 is 6.01. The lowest BCUT2D eigenvalue weighted by Gasteiger charge is -1.91. The number of benzene rings is 1. The van der Waals surface area contributed by atoms with Crippen LogP contribution in [0.25, 0.3) is 10.9 Å². The highest BCUT2D eigenvalue weighted by molar-refractivity contribution is 6.34. The Morgan fingerprint density at radius 2 is 1.93 bits per heavy atom. The molecule has 0 N–H and O–H groups in total. The first-order valence-corrected chi connectivity index (χ1v) is 5.15. The first-order valence-electron chi connectivity index (χ1n) is 4.77. The van der Waals surface area contributed by atoms with Crippen molar-refractivity contribution in [2.75, 3.05) is 0 Å². The second kappa shape index (κ2) is 4.47. The smallest absolute Gasteiger partial charge is 0.134 e. The molecule has 0 spiro atoms. The van der Waals surface area contributed by atoms with Crippen molar-refractivity contribution in [3.63, 3.8) is 0 Å². The lowest BCUT2D eigenvalue weighted by atomic mass is 10.2. The number of hydrogen-bond acceptors (Lipinski definition) is 1. The lowest BCUT2D eigenvalue weighted by Crippen LogP contribution is -1.87. The van der Waals surface area contributed by atoms with Gasteiger partial charge in [-0.2, -0.15) is 5.10 Å². The number of aromatic nitrogens is 2. The van der Waals surface area contributed by atoms with Gasteiger partial charge in [-0.3, -0.25) is 4.68 Å². The number of rotatable bonds is 0. The van der Waals surface area contributed by atoms with E-state index < -0.39 is 0 Å². The Balaban J connectivity index is 0.000000461. The van der Waals surface area contributed by atoms with E-state index in [0.29, 0.717) is 5.15 Å². The fraction of sp³-hybridized carbons (Fsp3) is 0.364. The van der Waals surface area contributed by atoms with E-state index in [-0.39, 0.29) is 0 Å². The summed E-state index contributed by atoms with van der Waals surface area (Å²) < 4.78 is 1.69. The first-order chi connectivity index (χ1) is 6.68. The molecule has 2 rings (SSSR count). The molecule has 2 aromatic rings. The second-order valence-electron chi connectivity index (χ2n) is 2.94. The SMILES string of the molecule is CC.Cc1ccc2nn(C)c(Cl)c2c1. The molecule has 14 heavy (non-hydrogen) atoms. The van der Waals surface area contributed by atoms with E-state index in [4.69, 9.17) is 11.6 Å². The molecule has 0 bridgehead atoms. The zero-order valence-electron chi connectivity index (χ0n) is 9.00. The first kappa shape index (κ1) is 11.1. The van der Waals surface area contributed by atoms with Crippen LogP contribution in [0.4, 0.5) is 0 Å². The zero-order chi connectivity index (χ0) is 10.7. The molecule has 1 aromatic heterocycles. The van der Waals surface area contributed by atoms with Gasteiger partial charge in [0.1, 0.15) is 5.15 Å². The summed E-state index contributed by atoms with van der Waals surface area (Å²) in [4.78, 5) is 0. The molecule has 1 aromatic carbocycles. The van der Waals surface area contributed by atoms with E-state index in [9.17, 15) is 0 Å². The maximum absolute atomic E-state index is 6.01. The normalized spacial score (nSPS) is 9.79. The Kier molecular flexibility index (Phi) is 3.53. The number of fused-ring (bicyclic) bond motifs is 1. The Hall–Kier alpha value is -1.02. The van der Waals surface area contributed by atoms with Crippen LogP contribution in [-0.2, 0) is 7.05 Å². The summed E-state index contributed by atoms with van der Waals surface area (Å²) in [5, 5.41) is 5.97. The van der Waals surface area contributed by atoms with E-state index in [2.05, 4.69) is 5.10 Å². The van der Waals surface area contributed by atoms with Gasteiger partial charge >= 0.3 is 0 Å². The van der Waals surface area contributed by atoms with Gasteiger partial charge in [-0.1, -0.05) is 37.1 Å². The number of nitrogens with zero attached hydrogens (tertiary/aromatic N) is 2. The summed E-state index contributed by atoms with van der Waals surface area (Å²) in [5.41, 5.74) is 2.16. The largest absolute Gasteiger partial charge is 0.256 e. The highest BCUT2D eigenvalue weighted by Gasteiger charge is 2.04. The average Bonchev–Trinajstić information content (AvgIpc) is 2.48. The van der Waals surface area contributed by atoms with Crippen molar-refractivity contribution in [2.45, 2.75) is 20.8 Å².